The largest absolute Gasteiger partial charge is 0.494 e. The number of hydrogen-bond acceptors (Lipinski definition) is 6. The molecule has 10 heteroatoms. The average Bonchev–Trinajstić information content (AvgIpc) is 3.45. The van der Waals surface area contributed by atoms with Crippen LogP contribution in [0.2, 0.25) is 5.02 Å². The Kier molecular flexibility index (Phi) is 6.77. The maximum atomic E-state index is 13.3. The molecular formula is C22H18ClFN4O3S. The molecule has 164 valence electrons. The number of hydrogen-bond donors (Lipinski definition) is 1. The topological polar surface area (TPSA) is 82.2 Å². The Morgan fingerprint density at radius 3 is 2.72 bits per heavy atom. The Hall–Kier alpha value is -3.30. The van der Waals surface area contributed by atoms with E-state index in [0.29, 0.717) is 29.0 Å². The second-order valence-corrected chi connectivity index (χ2v) is 7.86. The van der Waals surface area contributed by atoms with E-state index in [-0.39, 0.29) is 16.7 Å². The van der Waals surface area contributed by atoms with Crippen LogP contribution in [0.3, 0.4) is 0 Å². The zero-order valence-corrected chi connectivity index (χ0v) is 18.5. The Balaban J connectivity index is 1.55. The Morgan fingerprint density at radius 1 is 1.22 bits per heavy atom. The van der Waals surface area contributed by atoms with Gasteiger partial charge in [-0.25, -0.2) is 4.39 Å². The predicted molar refractivity (Wildman–Crippen MR) is 121 cm³/mol. The predicted octanol–water partition coefficient (Wildman–Crippen LogP) is 5.45. The van der Waals surface area contributed by atoms with Gasteiger partial charge in [0.15, 0.2) is 10.9 Å². The second kappa shape index (κ2) is 9.88. The zero-order chi connectivity index (χ0) is 22.5. The number of anilines is 1. The fourth-order valence-corrected chi connectivity index (χ4v) is 3.85. The number of aromatic nitrogens is 3. The summed E-state index contributed by atoms with van der Waals surface area (Å²) in [6.45, 7) is 2.49. The highest BCUT2D eigenvalue weighted by molar-refractivity contribution is 7.99. The summed E-state index contributed by atoms with van der Waals surface area (Å²) in [5.74, 6) is 1.01. The molecule has 0 bridgehead atoms. The first kappa shape index (κ1) is 21.9. The monoisotopic (exact) mass is 472 g/mol. The van der Waals surface area contributed by atoms with Gasteiger partial charge in [0.1, 0.15) is 11.6 Å². The van der Waals surface area contributed by atoms with Crippen LogP contribution in [0, 0.1) is 5.82 Å². The molecule has 1 amide bonds. The van der Waals surface area contributed by atoms with E-state index in [1.165, 1.54) is 30.0 Å². The van der Waals surface area contributed by atoms with Crippen molar-refractivity contribution in [1.82, 2.24) is 14.8 Å². The number of halogens is 2. The number of furan rings is 1. The van der Waals surface area contributed by atoms with Gasteiger partial charge >= 0.3 is 0 Å². The summed E-state index contributed by atoms with van der Waals surface area (Å²) in [6, 6.07) is 15.0. The van der Waals surface area contributed by atoms with Crippen LogP contribution < -0.4 is 10.1 Å². The highest BCUT2D eigenvalue weighted by Crippen LogP contribution is 2.29. The maximum absolute atomic E-state index is 13.3. The van der Waals surface area contributed by atoms with Crippen LogP contribution in [0.5, 0.6) is 5.75 Å². The van der Waals surface area contributed by atoms with E-state index in [1.807, 2.05) is 31.2 Å². The van der Waals surface area contributed by atoms with Gasteiger partial charge in [-0.2, -0.15) is 0 Å². The van der Waals surface area contributed by atoms with Crippen LogP contribution in [-0.4, -0.2) is 33.0 Å². The number of rotatable bonds is 8. The SMILES string of the molecule is CCOc1ccc(-n2c(SCC(=O)Nc3ccc(F)c(Cl)c3)nnc2-c2ccco2)cc1. The molecule has 0 fully saturated rings. The smallest absolute Gasteiger partial charge is 0.234 e. The average molecular weight is 473 g/mol. The van der Waals surface area contributed by atoms with Gasteiger partial charge in [-0.05, 0) is 61.5 Å². The van der Waals surface area contributed by atoms with Gasteiger partial charge in [0.25, 0.3) is 0 Å². The number of nitrogens with zero attached hydrogens (tertiary/aromatic N) is 3. The van der Waals surface area contributed by atoms with E-state index in [0.717, 1.165) is 11.4 Å². The van der Waals surface area contributed by atoms with Crippen LogP contribution in [-0.2, 0) is 4.79 Å². The highest BCUT2D eigenvalue weighted by atomic mass is 35.5. The molecule has 2 heterocycles. The minimum absolute atomic E-state index is 0.0579. The summed E-state index contributed by atoms with van der Waals surface area (Å²) in [5.41, 5.74) is 1.20. The first-order valence-corrected chi connectivity index (χ1v) is 11.0. The van der Waals surface area contributed by atoms with Gasteiger partial charge in [-0.15, -0.1) is 10.2 Å². The summed E-state index contributed by atoms with van der Waals surface area (Å²) in [4.78, 5) is 12.4. The van der Waals surface area contributed by atoms with Crippen molar-refractivity contribution in [1.29, 1.82) is 0 Å². The molecule has 0 saturated heterocycles. The number of carbonyl (C=O) groups excluding carboxylic acids is 1. The summed E-state index contributed by atoms with van der Waals surface area (Å²) in [7, 11) is 0. The molecule has 0 aliphatic heterocycles. The highest BCUT2D eigenvalue weighted by Gasteiger charge is 2.19. The van der Waals surface area contributed by atoms with E-state index in [2.05, 4.69) is 15.5 Å². The standard InChI is InChI=1S/C22H18ClFN4O3S/c1-2-30-16-8-6-15(7-9-16)28-21(19-4-3-11-31-19)26-27-22(28)32-13-20(29)25-14-5-10-18(24)17(23)12-14/h3-12H,2,13H2,1H3,(H,25,29). The molecule has 0 radical (unpaired) electrons. The number of nitrogens with one attached hydrogen (secondary N) is 1. The quantitative estimate of drug-likeness (QED) is 0.343. The van der Waals surface area contributed by atoms with Crippen LogP contribution >= 0.6 is 23.4 Å². The van der Waals surface area contributed by atoms with Crippen molar-refractivity contribution in [2.75, 3.05) is 17.7 Å². The lowest BCUT2D eigenvalue weighted by Crippen LogP contribution is -2.14. The fourth-order valence-electron chi connectivity index (χ4n) is 2.92. The Bertz CT molecular complexity index is 1210. The molecule has 0 spiro atoms. The van der Waals surface area contributed by atoms with Gasteiger partial charge in [0, 0.05) is 5.69 Å². The molecule has 2 aromatic carbocycles. The van der Waals surface area contributed by atoms with Gasteiger partial charge in [0.05, 0.1) is 29.3 Å². The summed E-state index contributed by atoms with van der Waals surface area (Å²) in [5, 5.41) is 11.6. The van der Waals surface area contributed by atoms with Crippen molar-refractivity contribution >= 4 is 35.0 Å². The van der Waals surface area contributed by atoms with Crippen molar-refractivity contribution in [3.05, 3.63) is 71.7 Å². The molecule has 1 N–H and O–H groups in total. The number of ether oxygens (including phenoxy) is 1. The Labute approximate surface area is 192 Å². The third-order valence-corrected chi connectivity index (χ3v) is 5.54. The van der Waals surface area contributed by atoms with Gasteiger partial charge in [-0.1, -0.05) is 23.4 Å². The summed E-state index contributed by atoms with van der Waals surface area (Å²) < 4.78 is 26.1. The fraction of sp³-hybridized carbons (Fsp3) is 0.136. The minimum Gasteiger partial charge on any atom is -0.494 e. The van der Waals surface area contributed by atoms with Gasteiger partial charge in [-0.3, -0.25) is 9.36 Å². The van der Waals surface area contributed by atoms with Crippen molar-refractivity contribution in [2.45, 2.75) is 12.1 Å². The van der Waals surface area contributed by atoms with E-state index in [9.17, 15) is 9.18 Å². The van der Waals surface area contributed by atoms with E-state index >= 15 is 0 Å². The Morgan fingerprint density at radius 2 is 2.03 bits per heavy atom. The molecule has 4 rings (SSSR count). The molecule has 0 unspecified atom stereocenters. The molecule has 0 atom stereocenters. The van der Waals surface area contributed by atoms with Gasteiger partial charge in [0.2, 0.25) is 11.7 Å². The maximum Gasteiger partial charge on any atom is 0.234 e. The van der Waals surface area contributed by atoms with Crippen molar-refractivity contribution in [2.24, 2.45) is 0 Å². The molecule has 4 aromatic rings. The van der Waals surface area contributed by atoms with Crippen molar-refractivity contribution < 1.29 is 18.3 Å². The third-order valence-electron chi connectivity index (χ3n) is 4.32. The number of benzene rings is 2. The number of amides is 1. The van der Waals surface area contributed by atoms with Crippen LogP contribution in [0.25, 0.3) is 17.3 Å². The summed E-state index contributed by atoms with van der Waals surface area (Å²) in [6.07, 6.45) is 1.56. The number of carbonyl (C=O) groups is 1. The van der Waals surface area contributed by atoms with Gasteiger partial charge < -0.3 is 14.5 Å². The third kappa shape index (κ3) is 4.95. The van der Waals surface area contributed by atoms with Crippen LogP contribution in [0.1, 0.15) is 6.92 Å². The van der Waals surface area contributed by atoms with E-state index < -0.39 is 5.82 Å². The van der Waals surface area contributed by atoms with Crippen LogP contribution in [0.15, 0.2) is 70.4 Å². The first-order chi connectivity index (χ1) is 15.5. The number of thioether (sulfide) groups is 1. The molecule has 0 aliphatic carbocycles. The molecule has 0 aliphatic rings. The van der Waals surface area contributed by atoms with E-state index in [1.54, 1.807) is 23.0 Å². The normalized spacial score (nSPS) is 10.8. The van der Waals surface area contributed by atoms with Crippen molar-refractivity contribution in [3.63, 3.8) is 0 Å². The van der Waals surface area contributed by atoms with E-state index in [4.69, 9.17) is 20.8 Å². The molecule has 7 nitrogen and oxygen atoms in total. The second-order valence-electron chi connectivity index (χ2n) is 6.51. The molecule has 2 aromatic heterocycles. The molecule has 0 saturated carbocycles. The molecule has 32 heavy (non-hydrogen) atoms. The lowest BCUT2D eigenvalue weighted by atomic mass is 10.3. The lowest BCUT2D eigenvalue weighted by Gasteiger charge is -2.11. The molecular weight excluding hydrogens is 455 g/mol. The van der Waals surface area contributed by atoms with Crippen LogP contribution in [0.4, 0.5) is 10.1 Å². The van der Waals surface area contributed by atoms with Crippen molar-refractivity contribution in [3.8, 4) is 23.0 Å². The minimum atomic E-state index is -0.548. The first-order valence-electron chi connectivity index (χ1n) is 9.65. The lowest BCUT2D eigenvalue weighted by molar-refractivity contribution is -0.113. The zero-order valence-electron chi connectivity index (χ0n) is 16.9. The summed E-state index contributed by atoms with van der Waals surface area (Å²) >= 11 is 6.98.